The monoisotopic (exact) mass is 507 g/mol. The molecule has 11 heavy (non-hydrogen) atoms. The van der Waals surface area contributed by atoms with Gasteiger partial charge in [-0.1, -0.05) is 0 Å². The summed E-state index contributed by atoms with van der Waals surface area (Å²) in [5, 5.41) is 15.0. The van der Waals surface area contributed by atoms with Crippen molar-refractivity contribution in [3.63, 3.8) is 0 Å². The van der Waals surface area contributed by atoms with Crippen LogP contribution in [0, 0.1) is 0 Å². The molecule has 0 aromatic rings. The van der Waals surface area contributed by atoms with Crippen molar-refractivity contribution in [3.05, 3.63) is 0 Å². The van der Waals surface area contributed by atoms with Gasteiger partial charge in [-0.15, -0.1) is 0 Å². The first-order valence-corrected chi connectivity index (χ1v) is 12.9. The van der Waals surface area contributed by atoms with Crippen LogP contribution < -0.4 is 0 Å². The van der Waals surface area contributed by atoms with Crippen LogP contribution in [0.5, 0.6) is 0 Å². The molecule has 0 aromatic heterocycles. The Labute approximate surface area is 113 Å². The van der Waals surface area contributed by atoms with E-state index in [4.69, 9.17) is 14.0 Å². The summed E-state index contributed by atoms with van der Waals surface area (Å²) in [6.45, 7) is 0. The molecule has 10 heteroatoms. The predicted molar refractivity (Wildman–Crippen MR) is 61.6 cm³/mol. The minimum atomic E-state index is -2.53. The Hall–Kier alpha value is 3.06. The predicted octanol–water partition coefficient (Wildman–Crippen LogP) is 2.02. The van der Waals surface area contributed by atoms with Gasteiger partial charge in [0.15, 0.2) is 0 Å². The Bertz CT molecular complexity index is 58.4. The Balaban J connectivity index is -0.000000107. The fraction of sp³-hybridized carbons (Fsp3) is 1.00. The first kappa shape index (κ1) is 19.6. The molecule has 0 aliphatic heterocycles. The topological polar surface area (TPSA) is 79.2 Å². The van der Waals surface area contributed by atoms with Crippen molar-refractivity contribution in [2.24, 2.45) is 0 Å². The van der Waals surface area contributed by atoms with Crippen molar-refractivity contribution < 1.29 is 53.1 Å². The van der Waals surface area contributed by atoms with E-state index in [0.717, 1.165) is 0 Å². The summed E-state index contributed by atoms with van der Waals surface area (Å²) in [5.41, 5.74) is 0. The Morgan fingerprint density at radius 1 is 1.18 bits per heavy atom. The summed E-state index contributed by atoms with van der Waals surface area (Å²) >= 11 is -4.06. The molecule has 0 fully saturated rings. The van der Waals surface area contributed by atoms with E-state index in [9.17, 15) is 0 Å². The van der Waals surface area contributed by atoms with Crippen molar-refractivity contribution in [1.82, 2.24) is 0 Å². The van der Waals surface area contributed by atoms with Crippen LogP contribution >= 0.6 is 57.7 Å². The van der Waals surface area contributed by atoms with Crippen molar-refractivity contribution in [1.29, 1.82) is 0 Å². The second kappa shape index (κ2) is 15.5. The minimum absolute atomic E-state index is 0. The molecule has 0 unspecified atom stereocenters. The van der Waals surface area contributed by atoms with Crippen molar-refractivity contribution in [2.45, 2.75) is 0 Å². The van der Waals surface area contributed by atoms with Gasteiger partial charge in [-0.25, -0.2) is 0 Å². The average molecular weight is 507 g/mol. The van der Waals surface area contributed by atoms with Gasteiger partial charge in [0.2, 0.25) is 0 Å². The molecule has 0 spiro atoms. The second-order valence-electron chi connectivity index (χ2n) is 0.744. The first-order chi connectivity index (χ1) is 4.54. The van der Waals surface area contributed by atoms with Gasteiger partial charge in [-0.05, 0) is 0 Å². The number of halogens is 2. The van der Waals surface area contributed by atoms with Gasteiger partial charge in [0.1, 0.15) is 0 Å². The number of thiol groups is 2. The van der Waals surface area contributed by atoms with E-state index in [0.29, 0.717) is 0 Å². The molecule has 0 rings (SSSR count). The zero-order valence-electron chi connectivity index (χ0n) is 5.39. The molecule has 0 aliphatic carbocycles. The third-order valence-electron chi connectivity index (χ3n) is 0.162. The Morgan fingerprint density at radius 3 is 1.36 bits per heavy atom. The van der Waals surface area contributed by atoms with Crippen LogP contribution in [-0.2, 0) is 39.1 Å². The fourth-order valence-electron chi connectivity index (χ4n) is 0. The molecule has 0 saturated carbocycles. The van der Waals surface area contributed by atoms with E-state index < -0.39 is 38.1 Å². The summed E-state index contributed by atoms with van der Waals surface area (Å²) in [5.74, 6) is 0. The summed E-state index contributed by atoms with van der Waals surface area (Å²) in [7, 11) is 7.12. The normalized spacial score (nSPS) is 10.4. The molecule has 0 aliphatic rings. The zero-order chi connectivity index (χ0) is 8.57. The standard InChI is InChI=1S/CH5IO2S.H3IO3S.Y/c1-2(5)4-3;2-1(5)4-3;/h3,5H,1H3;2-3,5H;. The van der Waals surface area contributed by atoms with E-state index in [-0.39, 0.29) is 32.7 Å². The molecule has 0 amide bonds. The summed E-state index contributed by atoms with van der Waals surface area (Å²) in [6, 6.07) is 0. The maximum atomic E-state index is 7.91. The Morgan fingerprint density at radius 2 is 1.36 bits per heavy atom. The third-order valence-corrected chi connectivity index (χ3v) is 1.91. The van der Waals surface area contributed by atoms with Crippen LogP contribution in [0.3, 0.4) is 0 Å². The smallest absolute Gasteiger partial charge is 0 e. The number of alkyl halides is 1. The van der Waals surface area contributed by atoms with Gasteiger partial charge in [-0.2, -0.15) is 0 Å². The largest absolute Gasteiger partial charge is 0 e. The molecule has 0 aromatic carbocycles. The number of rotatable bonds is 2. The molecule has 5 nitrogen and oxygen atoms in total. The minimum Gasteiger partial charge on any atom is 0 e. The molecular formula is CH8I2O5S2Y. The maximum Gasteiger partial charge on any atom is 0 e. The van der Waals surface area contributed by atoms with Gasteiger partial charge in [-0.3, -0.25) is 0 Å². The van der Waals surface area contributed by atoms with Crippen molar-refractivity contribution >= 4 is 57.7 Å². The van der Waals surface area contributed by atoms with Crippen molar-refractivity contribution in [2.75, 3.05) is 4.93 Å². The number of hydrogen-bond donors (Lipinski definition) is 5. The van der Waals surface area contributed by atoms with E-state index in [2.05, 4.69) is 26.0 Å². The zero-order valence-corrected chi connectivity index (χ0v) is 14.3. The van der Waals surface area contributed by atoms with Crippen LogP contribution in [0.4, 0.5) is 0 Å². The SMILES string of the molecule is CI(S)OO.OOI(O)S.[Y]. The third kappa shape index (κ3) is 32.0. The average Bonchev–Trinajstić information content (AvgIpc) is 1.89. The molecule has 0 bridgehead atoms. The molecule has 0 saturated heterocycles. The van der Waals surface area contributed by atoms with Gasteiger partial charge in [0.25, 0.3) is 0 Å². The van der Waals surface area contributed by atoms with Gasteiger partial charge in [0.05, 0.1) is 0 Å². The van der Waals surface area contributed by atoms with Gasteiger partial charge >= 0.3 is 83.0 Å². The van der Waals surface area contributed by atoms with Crippen LogP contribution in [0.15, 0.2) is 0 Å². The molecular weight excluding hydrogens is 499 g/mol. The summed E-state index contributed by atoms with van der Waals surface area (Å²) in [4.78, 5) is 1.77. The van der Waals surface area contributed by atoms with Crippen LogP contribution in [-0.4, -0.2) is 18.9 Å². The summed E-state index contributed by atoms with van der Waals surface area (Å²) in [6.07, 6.45) is 0. The molecule has 0 atom stereocenters. The first-order valence-electron chi connectivity index (χ1n) is 1.56. The second-order valence-corrected chi connectivity index (χ2v) is 10.1. The molecule has 0 heterocycles. The van der Waals surface area contributed by atoms with Crippen LogP contribution in [0.1, 0.15) is 0 Å². The molecule has 1 radical (unpaired) electrons. The van der Waals surface area contributed by atoms with Gasteiger partial charge in [0, 0.05) is 32.7 Å². The quantitative estimate of drug-likeness (QED) is 0.130. The van der Waals surface area contributed by atoms with E-state index in [1.807, 2.05) is 0 Å². The van der Waals surface area contributed by atoms with E-state index in [1.54, 1.807) is 4.93 Å². The summed E-state index contributed by atoms with van der Waals surface area (Å²) < 4.78 is 15.0. The fourth-order valence-corrected chi connectivity index (χ4v) is 0. The van der Waals surface area contributed by atoms with Crippen LogP contribution in [0.25, 0.3) is 0 Å². The van der Waals surface area contributed by atoms with Gasteiger partial charge < -0.3 is 0 Å². The van der Waals surface area contributed by atoms with E-state index in [1.165, 1.54) is 0 Å². The van der Waals surface area contributed by atoms with Crippen LogP contribution in [0.2, 0.25) is 0 Å². The molecule has 71 valence electrons. The number of hydrogen-bond acceptors (Lipinski definition) is 7. The molecule has 3 N–H and O–H groups in total. The van der Waals surface area contributed by atoms with Crippen molar-refractivity contribution in [3.8, 4) is 0 Å². The van der Waals surface area contributed by atoms with E-state index >= 15 is 0 Å². The maximum absolute atomic E-state index is 7.91. The Kier molecular flexibility index (Phi) is 27.7.